The molecule has 108 valence electrons. The Labute approximate surface area is 122 Å². The normalized spacial score (nSPS) is 10.5. The summed E-state index contributed by atoms with van der Waals surface area (Å²) in [6.45, 7) is 5.75. The number of nitrogens with zero attached hydrogens (tertiary/aromatic N) is 3. The van der Waals surface area contributed by atoms with E-state index in [0.717, 1.165) is 0 Å². The maximum Gasteiger partial charge on any atom is 0.141 e. The molecule has 1 heterocycles. The molecule has 2 aromatic rings. The highest BCUT2D eigenvalue weighted by Crippen LogP contribution is 2.25. The van der Waals surface area contributed by atoms with Crippen LogP contribution in [0.5, 0.6) is 0 Å². The quantitative estimate of drug-likeness (QED) is 0.903. The zero-order chi connectivity index (χ0) is 15.6. The number of hydrogen-bond acceptors (Lipinski definition) is 5. The number of benzene rings is 1. The molecule has 1 aromatic heterocycles. The van der Waals surface area contributed by atoms with Gasteiger partial charge in [-0.05, 0) is 25.1 Å². The molecule has 21 heavy (non-hydrogen) atoms. The van der Waals surface area contributed by atoms with Gasteiger partial charge in [-0.25, -0.2) is 14.4 Å². The standard InChI is InChI=1S/C15H16FN5/c1-8(2)14-20-13(18)9(3)15(21-14)19-11-4-5-12(16)10(6-11)7-17/h4-6,8H,1-3H3,(H3,18,19,20,21). The molecule has 0 aliphatic rings. The van der Waals surface area contributed by atoms with Crippen LogP contribution in [0.4, 0.5) is 21.7 Å². The molecule has 0 spiro atoms. The van der Waals surface area contributed by atoms with Crippen LogP contribution < -0.4 is 11.1 Å². The largest absolute Gasteiger partial charge is 0.383 e. The first-order valence-corrected chi connectivity index (χ1v) is 6.53. The Morgan fingerprint density at radius 3 is 2.67 bits per heavy atom. The number of nitrogens with one attached hydrogen (secondary N) is 1. The highest BCUT2D eigenvalue weighted by molar-refractivity contribution is 5.64. The van der Waals surface area contributed by atoms with Crippen molar-refractivity contribution in [1.29, 1.82) is 5.26 Å². The van der Waals surface area contributed by atoms with Crippen molar-refractivity contribution in [2.24, 2.45) is 0 Å². The van der Waals surface area contributed by atoms with E-state index in [9.17, 15) is 4.39 Å². The third-order valence-electron chi connectivity index (χ3n) is 3.07. The number of nitrogen functional groups attached to an aromatic ring is 1. The van der Waals surface area contributed by atoms with E-state index in [1.165, 1.54) is 12.1 Å². The minimum absolute atomic E-state index is 0.0243. The molecule has 0 unspecified atom stereocenters. The molecule has 0 aliphatic heterocycles. The SMILES string of the molecule is Cc1c(N)nc(C(C)C)nc1Nc1ccc(F)c(C#N)c1. The van der Waals surface area contributed by atoms with Gasteiger partial charge in [0.15, 0.2) is 0 Å². The lowest BCUT2D eigenvalue weighted by molar-refractivity contribution is 0.624. The Kier molecular flexibility index (Phi) is 4.03. The van der Waals surface area contributed by atoms with Crippen LogP contribution in [0.25, 0.3) is 0 Å². The lowest BCUT2D eigenvalue weighted by atomic mass is 10.2. The molecule has 0 saturated carbocycles. The summed E-state index contributed by atoms with van der Waals surface area (Å²) in [7, 11) is 0. The molecular weight excluding hydrogens is 269 g/mol. The number of anilines is 3. The summed E-state index contributed by atoms with van der Waals surface area (Å²) in [6.07, 6.45) is 0. The summed E-state index contributed by atoms with van der Waals surface area (Å²) in [4.78, 5) is 8.66. The van der Waals surface area contributed by atoms with Crippen molar-refractivity contribution in [3.05, 3.63) is 41.0 Å². The van der Waals surface area contributed by atoms with E-state index in [1.54, 1.807) is 19.1 Å². The van der Waals surface area contributed by atoms with Crippen molar-refractivity contribution in [1.82, 2.24) is 9.97 Å². The topological polar surface area (TPSA) is 87.6 Å². The van der Waals surface area contributed by atoms with Gasteiger partial charge < -0.3 is 11.1 Å². The molecule has 0 saturated heterocycles. The summed E-state index contributed by atoms with van der Waals surface area (Å²) in [5.41, 5.74) is 7.15. The second-order valence-electron chi connectivity index (χ2n) is 5.03. The van der Waals surface area contributed by atoms with Crippen molar-refractivity contribution >= 4 is 17.3 Å². The number of rotatable bonds is 3. The molecule has 2 rings (SSSR count). The van der Waals surface area contributed by atoms with Crippen LogP contribution in [0.15, 0.2) is 18.2 Å². The van der Waals surface area contributed by atoms with Crippen LogP contribution in [0.2, 0.25) is 0 Å². The fourth-order valence-electron chi connectivity index (χ4n) is 1.76. The second kappa shape index (κ2) is 5.75. The van der Waals surface area contributed by atoms with Crippen LogP contribution in [0, 0.1) is 24.1 Å². The van der Waals surface area contributed by atoms with Gasteiger partial charge >= 0.3 is 0 Å². The fourth-order valence-corrected chi connectivity index (χ4v) is 1.76. The van der Waals surface area contributed by atoms with Crippen molar-refractivity contribution in [3.63, 3.8) is 0 Å². The third kappa shape index (κ3) is 3.08. The maximum absolute atomic E-state index is 13.3. The minimum atomic E-state index is -0.551. The number of hydrogen-bond donors (Lipinski definition) is 2. The zero-order valence-corrected chi connectivity index (χ0v) is 12.1. The Hall–Kier alpha value is -2.68. The van der Waals surface area contributed by atoms with Crippen molar-refractivity contribution < 1.29 is 4.39 Å². The van der Waals surface area contributed by atoms with Crippen molar-refractivity contribution in [3.8, 4) is 6.07 Å². The number of nitrogens with two attached hydrogens (primary N) is 1. The lowest BCUT2D eigenvalue weighted by Gasteiger charge is -2.13. The first kappa shape index (κ1) is 14.7. The van der Waals surface area contributed by atoms with Crippen LogP contribution in [-0.4, -0.2) is 9.97 Å². The molecule has 6 heteroatoms. The van der Waals surface area contributed by atoms with Crippen LogP contribution in [0.1, 0.15) is 36.7 Å². The van der Waals surface area contributed by atoms with Crippen LogP contribution in [-0.2, 0) is 0 Å². The van der Waals surface area contributed by atoms with Gasteiger partial charge in [0.25, 0.3) is 0 Å². The number of halogens is 1. The van der Waals surface area contributed by atoms with Gasteiger partial charge in [-0.3, -0.25) is 0 Å². The van der Waals surface area contributed by atoms with Crippen molar-refractivity contribution in [2.45, 2.75) is 26.7 Å². The van der Waals surface area contributed by atoms with E-state index in [4.69, 9.17) is 11.0 Å². The molecule has 0 radical (unpaired) electrons. The summed E-state index contributed by atoms with van der Waals surface area (Å²) in [5.74, 6) is 1.17. The van der Waals surface area contributed by atoms with Gasteiger partial charge in [-0.15, -0.1) is 0 Å². The van der Waals surface area contributed by atoms with E-state index in [2.05, 4.69) is 15.3 Å². The predicted molar refractivity (Wildman–Crippen MR) is 79.7 cm³/mol. The summed E-state index contributed by atoms with van der Waals surface area (Å²) >= 11 is 0. The molecule has 0 atom stereocenters. The molecule has 1 aromatic carbocycles. The maximum atomic E-state index is 13.3. The monoisotopic (exact) mass is 285 g/mol. The average Bonchev–Trinajstić information content (AvgIpc) is 2.45. The number of nitriles is 1. The summed E-state index contributed by atoms with van der Waals surface area (Å²) < 4.78 is 13.3. The van der Waals surface area contributed by atoms with Gasteiger partial charge in [-0.1, -0.05) is 13.8 Å². The van der Waals surface area contributed by atoms with E-state index in [-0.39, 0.29) is 11.5 Å². The highest BCUT2D eigenvalue weighted by atomic mass is 19.1. The fraction of sp³-hybridized carbons (Fsp3) is 0.267. The Morgan fingerprint density at radius 1 is 1.33 bits per heavy atom. The van der Waals surface area contributed by atoms with E-state index in [1.807, 2.05) is 13.8 Å². The molecule has 0 bridgehead atoms. The van der Waals surface area contributed by atoms with E-state index >= 15 is 0 Å². The second-order valence-corrected chi connectivity index (χ2v) is 5.03. The first-order valence-electron chi connectivity index (χ1n) is 6.53. The molecule has 0 aliphatic carbocycles. The van der Waals surface area contributed by atoms with Gasteiger partial charge in [0.1, 0.15) is 29.3 Å². The minimum Gasteiger partial charge on any atom is -0.383 e. The third-order valence-corrected chi connectivity index (χ3v) is 3.07. The first-order chi connectivity index (χ1) is 9.92. The van der Waals surface area contributed by atoms with Crippen LogP contribution in [0.3, 0.4) is 0 Å². The number of aromatic nitrogens is 2. The van der Waals surface area contributed by atoms with E-state index < -0.39 is 5.82 Å². The predicted octanol–water partition coefficient (Wildman–Crippen LogP) is 3.25. The molecule has 5 nitrogen and oxygen atoms in total. The van der Waals surface area contributed by atoms with E-state index in [0.29, 0.717) is 28.7 Å². The molecule has 0 amide bonds. The Bertz CT molecular complexity index is 719. The Balaban J connectivity index is 2.42. The Morgan fingerprint density at radius 2 is 2.05 bits per heavy atom. The smallest absolute Gasteiger partial charge is 0.141 e. The summed E-state index contributed by atoms with van der Waals surface area (Å²) in [6, 6.07) is 6.02. The van der Waals surface area contributed by atoms with Gasteiger partial charge in [0.05, 0.1) is 5.56 Å². The lowest BCUT2D eigenvalue weighted by Crippen LogP contribution is -2.08. The van der Waals surface area contributed by atoms with Crippen molar-refractivity contribution in [2.75, 3.05) is 11.1 Å². The summed E-state index contributed by atoms with van der Waals surface area (Å²) in [5, 5.41) is 11.9. The highest BCUT2D eigenvalue weighted by Gasteiger charge is 2.12. The van der Waals surface area contributed by atoms with Crippen LogP contribution >= 0.6 is 0 Å². The van der Waals surface area contributed by atoms with Gasteiger partial charge in [0.2, 0.25) is 0 Å². The zero-order valence-electron chi connectivity index (χ0n) is 12.1. The molecule has 0 fully saturated rings. The molecule has 3 N–H and O–H groups in total. The average molecular weight is 285 g/mol. The molecular formula is C15H16FN5. The van der Waals surface area contributed by atoms with Gasteiger partial charge in [0, 0.05) is 17.2 Å². The van der Waals surface area contributed by atoms with Gasteiger partial charge in [-0.2, -0.15) is 5.26 Å².